The summed E-state index contributed by atoms with van der Waals surface area (Å²) in [5, 5.41) is 10.9. The lowest BCUT2D eigenvalue weighted by molar-refractivity contribution is -0.0893. The second-order valence-corrected chi connectivity index (χ2v) is 14.7. The highest BCUT2D eigenvalue weighted by Gasteiger charge is 2.35. The molecule has 261 valence electrons. The highest BCUT2D eigenvalue weighted by Crippen LogP contribution is 2.39. The third-order valence-corrected chi connectivity index (χ3v) is 10.3. The average molecular weight is 692 g/mol. The van der Waals surface area contributed by atoms with Gasteiger partial charge in [-0.3, -0.25) is 9.97 Å². The molecule has 0 unspecified atom stereocenters. The standard InChI is InChI=1S/C48H44BN2O2/c1-32-27-34(45-19-11-13-25-50-45)21-23-39(32)43-17-9-7-15-41(43)36-29-37(31-38(30-36)49-53-48(5,6)47(3,4)52)42-16-8-10-18-44(42)40-24-22-35(28-33(40)2)46-20-12-14-26-51-46/h7-31,52H,1-6H3. The van der Waals surface area contributed by atoms with Crippen molar-refractivity contribution in [1.82, 2.24) is 9.97 Å². The fourth-order valence-electron chi connectivity index (χ4n) is 6.65. The maximum atomic E-state index is 10.9. The van der Waals surface area contributed by atoms with Crippen molar-refractivity contribution in [2.45, 2.75) is 52.7 Å². The Hall–Kier alpha value is -5.62. The number of hydrogen-bond acceptors (Lipinski definition) is 4. The topological polar surface area (TPSA) is 55.2 Å². The molecule has 5 aromatic carbocycles. The van der Waals surface area contributed by atoms with Gasteiger partial charge in [-0.2, -0.15) is 0 Å². The number of pyridine rings is 2. The van der Waals surface area contributed by atoms with Crippen LogP contribution in [0.3, 0.4) is 0 Å². The minimum Gasteiger partial charge on any atom is -0.427 e. The van der Waals surface area contributed by atoms with E-state index in [9.17, 15) is 5.11 Å². The highest BCUT2D eigenvalue weighted by atomic mass is 16.5. The van der Waals surface area contributed by atoms with Crippen molar-refractivity contribution in [2.75, 3.05) is 0 Å². The summed E-state index contributed by atoms with van der Waals surface area (Å²) in [5.74, 6) is 0. The van der Waals surface area contributed by atoms with Gasteiger partial charge in [0.25, 0.3) is 0 Å². The predicted molar refractivity (Wildman–Crippen MR) is 221 cm³/mol. The van der Waals surface area contributed by atoms with Crippen LogP contribution < -0.4 is 5.46 Å². The quantitative estimate of drug-likeness (QED) is 0.145. The van der Waals surface area contributed by atoms with E-state index in [0.717, 1.165) is 61.4 Å². The van der Waals surface area contributed by atoms with E-state index < -0.39 is 11.2 Å². The molecule has 4 nitrogen and oxygen atoms in total. The first-order valence-electron chi connectivity index (χ1n) is 18.1. The van der Waals surface area contributed by atoms with Gasteiger partial charge < -0.3 is 9.76 Å². The molecule has 1 radical (unpaired) electrons. The zero-order valence-corrected chi connectivity index (χ0v) is 31.3. The van der Waals surface area contributed by atoms with Crippen molar-refractivity contribution in [1.29, 1.82) is 0 Å². The van der Waals surface area contributed by atoms with E-state index in [1.54, 1.807) is 21.3 Å². The van der Waals surface area contributed by atoms with Crippen LogP contribution in [0.15, 0.2) is 152 Å². The van der Waals surface area contributed by atoms with Crippen molar-refractivity contribution in [3.63, 3.8) is 0 Å². The molecule has 0 saturated heterocycles. The summed E-state index contributed by atoms with van der Waals surface area (Å²) >= 11 is 0. The first-order valence-corrected chi connectivity index (χ1v) is 18.1. The van der Waals surface area contributed by atoms with Crippen molar-refractivity contribution in [3.05, 3.63) is 163 Å². The molecule has 2 heterocycles. The maximum Gasteiger partial charge on any atom is 0.330 e. The Kier molecular flexibility index (Phi) is 9.98. The van der Waals surface area contributed by atoms with Gasteiger partial charge in [-0.25, -0.2) is 0 Å². The van der Waals surface area contributed by atoms with Gasteiger partial charge in [0.1, 0.15) is 0 Å². The normalized spacial score (nSPS) is 11.8. The third kappa shape index (κ3) is 7.64. The molecular formula is C48H44BN2O2. The molecule has 5 heteroatoms. The Morgan fingerprint density at radius 1 is 0.472 bits per heavy atom. The Morgan fingerprint density at radius 3 is 1.30 bits per heavy atom. The van der Waals surface area contributed by atoms with Crippen LogP contribution in [-0.4, -0.2) is 33.8 Å². The van der Waals surface area contributed by atoms with Crippen LogP contribution in [0.5, 0.6) is 0 Å². The van der Waals surface area contributed by atoms with E-state index in [2.05, 4.69) is 127 Å². The molecule has 0 amide bonds. The van der Waals surface area contributed by atoms with E-state index in [-0.39, 0.29) is 0 Å². The highest BCUT2D eigenvalue weighted by molar-refractivity contribution is 6.47. The largest absolute Gasteiger partial charge is 0.427 e. The summed E-state index contributed by atoms with van der Waals surface area (Å²) in [6, 6.07) is 49.0. The Labute approximate surface area is 314 Å². The molecule has 0 atom stereocenters. The Balaban J connectivity index is 1.35. The molecule has 0 aliphatic rings. The molecule has 0 fully saturated rings. The SMILES string of the molecule is Cc1cc(-c2ccccn2)ccc1-c1ccccc1-c1cc([B]OC(C)(C)C(C)(C)O)cc(-c2ccccc2-c2ccc(-c3ccccn3)cc2C)c1. The van der Waals surface area contributed by atoms with Crippen LogP contribution in [-0.2, 0) is 4.65 Å². The first kappa shape index (κ1) is 35.8. The number of benzene rings is 5. The molecule has 0 saturated carbocycles. The van der Waals surface area contributed by atoms with Crippen molar-refractivity contribution >= 4 is 12.9 Å². The van der Waals surface area contributed by atoms with Gasteiger partial charge in [0.2, 0.25) is 0 Å². The number of rotatable bonds is 10. The van der Waals surface area contributed by atoms with Crippen molar-refractivity contribution < 1.29 is 9.76 Å². The van der Waals surface area contributed by atoms with E-state index in [0.29, 0.717) is 0 Å². The molecule has 0 bridgehead atoms. The summed E-state index contributed by atoms with van der Waals surface area (Å²) in [5.41, 5.74) is 14.5. The zero-order valence-electron chi connectivity index (χ0n) is 31.3. The van der Waals surface area contributed by atoms with Crippen LogP contribution in [0.1, 0.15) is 38.8 Å². The van der Waals surface area contributed by atoms with E-state index in [1.807, 2.05) is 62.6 Å². The number of aliphatic hydroxyl groups is 1. The van der Waals surface area contributed by atoms with Gasteiger partial charge >= 0.3 is 7.48 Å². The number of nitrogens with zero attached hydrogens (tertiary/aromatic N) is 2. The molecule has 1 N–H and O–H groups in total. The van der Waals surface area contributed by atoms with Crippen LogP contribution in [0.2, 0.25) is 0 Å². The lowest BCUT2D eigenvalue weighted by atomic mass is 9.79. The Morgan fingerprint density at radius 2 is 0.906 bits per heavy atom. The maximum absolute atomic E-state index is 10.9. The monoisotopic (exact) mass is 691 g/mol. The minimum absolute atomic E-state index is 0.822. The molecule has 7 aromatic rings. The second kappa shape index (κ2) is 14.8. The van der Waals surface area contributed by atoms with E-state index >= 15 is 0 Å². The molecule has 0 spiro atoms. The fourth-order valence-corrected chi connectivity index (χ4v) is 6.65. The number of aromatic nitrogens is 2. The van der Waals surface area contributed by atoms with E-state index in [1.165, 1.54) is 22.3 Å². The van der Waals surface area contributed by atoms with Crippen molar-refractivity contribution in [3.8, 4) is 67.0 Å². The average Bonchev–Trinajstić information content (AvgIpc) is 3.17. The van der Waals surface area contributed by atoms with Gasteiger partial charge in [0, 0.05) is 23.5 Å². The molecule has 2 aromatic heterocycles. The molecule has 53 heavy (non-hydrogen) atoms. The van der Waals surface area contributed by atoms with Gasteiger partial charge in [-0.15, -0.1) is 0 Å². The lowest BCUT2D eigenvalue weighted by Gasteiger charge is -2.37. The predicted octanol–water partition coefficient (Wildman–Crippen LogP) is 10.9. The molecule has 7 rings (SSSR count). The van der Waals surface area contributed by atoms with E-state index in [4.69, 9.17) is 4.65 Å². The van der Waals surface area contributed by atoms with Crippen LogP contribution >= 0.6 is 0 Å². The fraction of sp³-hybridized carbons (Fsp3) is 0.167. The summed E-state index contributed by atoms with van der Waals surface area (Å²) in [6.45, 7) is 11.7. The minimum atomic E-state index is -1.05. The van der Waals surface area contributed by atoms with Gasteiger partial charge in [0.05, 0.1) is 22.6 Å². The summed E-state index contributed by atoms with van der Waals surface area (Å²) < 4.78 is 6.35. The molecule has 0 aliphatic heterocycles. The first-order chi connectivity index (χ1) is 25.5. The summed E-state index contributed by atoms with van der Waals surface area (Å²) in [4.78, 5) is 9.15. The molecular weight excluding hydrogens is 647 g/mol. The van der Waals surface area contributed by atoms with Crippen LogP contribution in [0.4, 0.5) is 0 Å². The van der Waals surface area contributed by atoms with Crippen LogP contribution in [0, 0.1) is 13.8 Å². The second-order valence-electron chi connectivity index (χ2n) is 14.7. The smallest absolute Gasteiger partial charge is 0.330 e. The van der Waals surface area contributed by atoms with Gasteiger partial charge in [-0.05, 0) is 140 Å². The lowest BCUT2D eigenvalue weighted by Crippen LogP contribution is -2.49. The van der Waals surface area contributed by atoms with Crippen LogP contribution in [0.25, 0.3) is 67.0 Å². The Bertz CT molecular complexity index is 2230. The van der Waals surface area contributed by atoms with Gasteiger partial charge in [0.15, 0.2) is 0 Å². The zero-order chi connectivity index (χ0) is 37.2. The van der Waals surface area contributed by atoms with Gasteiger partial charge in [-0.1, -0.05) is 103 Å². The van der Waals surface area contributed by atoms with Crippen molar-refractivity contribution in [2.24, 2.45) is 0 Å². The summed E-state index contributed by atoms with van der Waals surface area (Å²) in [6.07, 6.45) is 3.66. The molecule has 0 aliphatic carbocycles. The number of aryl methyl sites for hydroxylation is 2. The third-order valence-electron chi connectivity index (χ3n) is 10.3. The summed E-state index contributed by atoms with van der Waals surface area (Å²) in [7, 11) is 1.79. The number of hydrogen-bond donors (Lipinski definition) is 1.